The smallest absolute Gasteiger partial charge is 0.352 e. The zero-order valence-electron chi connectivity index (χ0n) is 24.1. The maximum atomic E-state index is 13.3. The molecule has 2 atom stereocenters. The first-order chi connectivity index (χ1) is 20.9. The molecular weight excluding hydrogens is 651 g/mol. The average Bonchev–Trinajstić information content (AvgIpc) is 3.41. The number of benzene rings is 1. The van der Waals surface area contributed by atoms with E-state index in [0.717, 1.165) is 23.1 Å². The van der Waals surface area contributed by atoms with Crippen LogP contribution in [-0.2, 0) is 40.5 Å². The molecule has 4 rings (SSSR count). The molecule has 13 nitrogen and oxygen atoms in total. The lowest BCUT2D eigenvalue weighted by molar-refractivity contribution is -0.153. The third-order valence-corrected chi connectivity index (χ3v) is 11.8. The number of carboxylic acid groups (broad SMARTS) is 1. The van der Waals surface area contributed by atoms with Crippen LogP contribution in [0.1, 0.15) is 31.5 Å². The largest absolute Gasteiger partial charge is 0.477 e. The number of anilines is 1. The molecule has 3 heterocycles. The van der Waals surface area contributed by atoms with Gasteiger partial charge in [0.2, 0.25) is 15.9 Å². The predicted molar refractivity (Wildman–Crippen MR) is 169 cm³/mol. The van der Waals surface area contributed by atoms with Crippen LogP contribution in [0.5, 0.6) is 0 Å². The molecule has 0 radical (unpaired) electrons. The van der Waals surface area contributed by atoms with E-state index in [9.17, 15) is 32.7 Å². The number of hydrogen-bond donors (Lipinski definition) is 2. The fraction of sp³-hybridized carbons (Fsp3) is 0.407. The topological polar surface area (TPSA) is 190 Å². The van der Waals surface area contributed by atoms with Crippen molar-refractivity contribution >= 4 is 78.5 Å². The monoisotopic (exact) mass is 681 g/mol. The van der Waals surface area contributed by atoms with Crippen molar-refractivity contribution in [1.82, 2.24) is 14.2 Å². The molecule has 0 saturated carbocycles. The second-order valence-electron chi connectivity index (χ2n) is 9.76. The second-order valence-corrected chi connectivity index (χ2v) is 15.0. The number of sulfonamides is 1. The van der Waals surface area contributed by atoms with Crippen molar-refractivity contribution in [3.63, 3.8) is 0 Å². The quantitative estimate of drug-likeness (QED) is 0.169. The number of nitrogens with two attached hydrogens (primary N) is 1. The molecule has 236 valence electrons. The van der Waals surface area contributed by atoms with Gasteiger partial charge in [0.05, 0.1) is 16.2 Å². The summed E-state index contributed by atoms with van der Waals surface area (Å²) in [6, 6.07) is 6.26. The van der Waals surface area contributed by atoms with Gasteiger partial charge in [0.1, 0.15) is 18.5 Å². The molecule has 2 aliphatic heterocycles. The summed E-state index contributed by atoms with van der Waals surface area (Å²) in [5, 5.41) is 15.0. The van der Waals surface area contributed by atoms with Crippen LogP contribution in [0.3, 0.4) is 0 Å². The van der Waals surface area contributed by atoms with Crippen LogP contribution in [-0.4, -0.2) is 93.3 Å². The van der Waals surface area contributed by atoms with Crippen LogP contribution >= 0.6 is 34.9 Å². The number of amides is 1. The highest BCUT2D eigenvalue weighted by molar-refractivity contribution is 8.13. The van der Waals surface area contributed by atoms with Crippen LogP contribution in [0.25, 0.3) is 0 Å². The number of aliphatic carboxylic acids is 1. The van der Waals surface area contributed by atoms with E-state index >= 15 is 0 Å². The molecule has 0 bridgehead atoms. The van der Waals surface area contributed by atoms with Crippen molar-refractivity contribution in [2.45, 2.75) is 37.0 Å². The summed E-state index contributed by atoms with van der Waals surface area (Å²) in [7, 11) is -2.58. The van der Waals surface area contributed by atoms with Gasteiger partial charge in [0, 0.05) is 43.3 Å². The Balaban J connectivity index is 1.52. The van der Waals surface area contributed by atoms with Crippen LogP contribution in [0.15, 0.2) is 51.0 Å². The van der Waals surface area contributed by atoms with Crippen molar-refractivity contribution in [2.24, 2.45) is 11.1 Å². The highest BCUT2D eigenvalue weighted by atomic mass is 32.2. The number of Topliss-reactive ketones (excluding diaryl/α,β-unsaturated/α-hetero) is 1. The molecule has 1 saturated heterocycles. The van der Waals surface area contributed by atoms with Gasteiger partial charge < -0.3 is 15.7 Å². The van der Waals surface area contributed by atoms with E-state index in [2.05, 4.69) is 10.1 Å². The number of nitrogen functional groups attached to an aromatic ring is 1. The van der Waals surface area contributed by atoms with E-state index in [1.54, 1.807) is 24.4 Å². The predicted octanol–water partition coefficient (Wildman–Crippen LogP) is 2.44. The van der Waals surface area contributed by atoms with Crippen LogP contribution < -0.4 is 5.73 Å². The summed E-state index contributed by atoms with van der Waals surface area (Å²) >= 11 is 3.52. The summed E-state index contributed by atoms with van der Waals surface area (Å²) in [6.45, 7) is 3.52. The van der Waals surface area contributed by atoms with Crippen molar-refractivity contribution in [1.29, 1.82) is 0 Å². The highest BCUT2D eigenvalue weighted by Crippen LogP contribution is 2.46. The number of aromatic nitrogens is 1. The number of thiazole rings is 1. The molecule has 17 heteroatoms. The van der Waals surface area contributed by atoms with Gasteiger partial charge in [-0.1, -0.05) is 36.0 Å². The van der Waals surface area contributed by atoms with Gasteiger partial charge in [0.25, 0.3) is 0 Å². The Labute approximate surface area is 266 Å². The number of carbonyl (C=O) groups excluding carboxylic acids is 3. The van der Waals surface area contributed by atoms with Gasteiger partial charge in [-0.25, -0.2) is 18.2 Å². The van der Waals surface area contributed by atoms with E-state index in [0.29, 0.717) is 16.9 Å². The maximum Gasteiger partial charge on any atom is 0.352 e. The standard InChI is InChI=1S/C27H31N5O8S4/c1-4-31(8-9-41-15(2)33)44(38,39)18-7-5-6-16(11-18)10-17-13-42-25-19(24(35)32(25)23(17)26(36)37)12-21(34)22(30-40-3)20-14-43-27(28)29-20/h5-7,11,14,19,25H,4,8-10,12-13H2,1-3H3,(H2,28,29)(H,36,37)/b30-22-/t19-,25-/m1/s1. The Morgan fingerprint density at radius 2 is 2.07 bits per heavy atom. The van der Waals surface area contributed by atoms with Crippen molar-refractivity contribution in [3.8, 4) is 0 Å². The number of fused-ring (bicyclic) bond motifs is 1. The minimum Gasteiger partial charge on any atom is -0.477 e. The Kier molecular flexibility index (Phi) is 10.9. The highest BCUT2D eigenvalue weighted by Gasteiger charge is 2.54. The number of ketones is 1. The fourth-order valence-electron chi connectivity index (χ4n) is 4.93. The fourth-order valence-corrected chi connectivity index (χ4v) is 9.13. The first kappa shape index (κ1) is 33.6. The molecule has 44 heavy (non-hydrogen) atoms. The van der Waals surface area contributed by atoms with Crippen LogP contribution in [0, 0.1) is 5.92 Å². The van der Waals surface area contributed by atoms with Crippen molar-refractivity contribution < 1.29 is 37.5 Å². The number of carbonyl (C=O) groups is 4. The third kappa shape index (κ3) is 7.17. The number of carboxylic acids is 1. The molecule has 2 aromatic rings. The zero-order chi connectivity index (χ0) is 32.2. The lowest BCUT2D eigenvalue weighted by Gasteiger charge is -2.49. The molecule has 0 unspecified atom stereocenters. The Morgan fingerprint density at radius 1 is 1.32 bits per heavy atom. The molecule has 1 amide bonds. The SMILES string of the molecule is CCN(CCSC(C)=O)S(=O)(=O)c1cccc(CC2=C(C(=O)O)N3C(=O)[C@@H](CC(=O)/C(=N\OC)c4csc(N)n4)[C@H]3SC2)c1. The van der Waals surface area contributed by atoms with Gasteiger partial charge in [-0.05, 0) is 29.7 Å². The van der Waals surface area contributed by atoms with E-state index < -0.39 is 39.0 Å². The average molecular weight is 682 g/mol. The molecule has 2 aliphatic rings. The van der Waals surface area contributed by atoms with Gasteiger partial charge in [-0.2, -0.15) is 4.31 Å². The molecule has 1 fully saturated rings. The Morgan fingerprint density at radius 3 is 2.68 bits per heavy atom. The molecular formula is C27H31N5O8S4. The van der Waals surface area contributed by atoms with Gasteiger partial charge in [-0.3, -0.25) is 19.3 Å². The summed E-state index contributed by atoms with van der Waals surface area (Å²) in [5.74, 6) is -2.45. The van der Waals surface area contributed by atoms with E-state index in [4.69, 9.17) is 10.6 Å². The lowest BCUT2D eigenvalue weighted by Crippen LogP contribution is -2.62. The van der Waals surface area contributed by atoms with Gasteiger partial charge >= 0.3 is 5.97 Å². The number of oxime groups is 1. The molecule has 3 N–H and O–H groups in total. The summed E-state index contributed by atoms with van der Waals surface area (Å²) < 4.78 is 27.9. The van der Waals surface area contributed by atoms with Crippen LogP contribution in [0.2, 0.25) is 0 Å². The third-order valence-electron chi connectivity index (χ3n) is 6.93. The van der Waals surface area contributed by atoms with E-state index in [-0.39, 0.29) is 63.9 Å². The lowest BCUT2D eigenvalue weighted by atomic mass is 9.88. The van der Waals surface area contributed by atoms with Crippen LogP contribution in [0.4, 0.5) is 5.13 Å². The number of rotatable bonds is 14. The molecule has 0 aliphatic carbocycles. The van der Waals surface area contributed by atoms with E-state index in [1.807, 2.05) is 0 Å². The number of β-lactam (4-membered cyclic amide) rings is 1. The van der Waals surface area contributed by atoms with Gasteiger partial charge in [0.15, 0.2) is 21.7 Å². The van der Waals surface area contributed by atoms with Crippen molar-refractivity contribution in [3.05, 3.63) is 52.2 Å². The molecule has 1 aromatic heterocycles. The van der Waals surface area contributed by atoms with Crippen molar-refractivity contribution in [2.75, 3.05) is 37.4 Å². The first-order valence-corrected chi connectivity index (χ1v) is 17.7. The first-order valence-electron chi connectivity index (χ1n) is 13.4. The second kappa shape index (κ2) is 14.2. The Hall–Kier alpha value is -3.25. The normalized spacial score (nSPS) is 18.7. The minimum atomic E-state index is -3.86. The maximum absolute atomic E-state index is 13.3. The summed E-state index contributed by atoms with van der Waals surface area (Å²) in [5.41, 5.74) is 6.70. The van der Waals surface area contributed by atoms with E-state index in [1.165, 1.54) is 47.1 Å². The number of thioether (sulfide) groups is 2. The number of hydrogen-bond acceptors (Lipinski definition) is 13. The summed E-state index contributed by atoms with van der Waals surface area (Å²) in [4.78, 5) is 60.1. The Bertz CT molecular complexity index is 1640. The van der Waals surface area contributed by atoms with Gasteiger partial charge in [-0.15, -0.1) is 23.1 Å². The zero-order valence-corrected chi connectivity index (χ0v) is 27.4. The number of nitrogens with zero attached hydrogens (tertiary/aromatic N) is 4. The minimum absolute atomic E-state index is 0.0532. The molecule has 1 aromatic carbocycles. The summed E-state index contributed by atoms with van der Waals surface area (Å²) in [6.07, 6.45) is -0.103. The molecule has 0 spiro atoms.